The van der Waals surface area contributed by atoms with Crippen LogP contribution in [0.2, 0.25) is 5.02 Å². The number of rotatable bonds is 2. The number of aliphatic carboxylic acids is 1. The summed E-state index contributed by atoms with van der Waals surface area (Å²) in [7, 11) is 0. The zero-order chi connectivity index (χ0) is 14.3. The number of fused-ring (bicyclic) bond motifs is 2. The van der Waals surface area contributed by atoms with Crippen LogP contribution in [-0.2, 0) is 4.79 Å². The van der Waals surface area contributed by atoms with Gasteiger partial charge in [0.05, 0.1) is 5.92 Å². The van der Waals surface area contributed by atoms with Crippen LogP contribution in [0.25, 0.3) is 0 Å². The number of carboxylic acid groups (broad SMARTS) is 1. The number of carboxylic acids is 1. The fourth-order valence-corrected chi connectivity index (χ4v) is 3.42. The van der Waals surface area contributed by atoms with E-state index in [9.17, 15) is 14.7 Å². The fourth-order valence-electron chi connectivity index (χ4n) is 3.29. The lowest BCUT2D eigenvalue weighted by Crippen LogP contribution is -2.40. The van der Waals surface area contributed by atoms with Crippen LogP contribution in [0.1, 0.15) is 19.3 Å². The summed E-state index contributed by atoms with van der Waals surface area (Å²) < 4.78 is 0. The number of nitrogens with zero attached hydrogens (tertiary/aromatic N) is 1. The quantitative estimate of drug-likeness (QED) is 0.881. The summed E-state index contributed by atoms with van der Waals surface area (Å²) in [5, 5.41) is 12.6. The van der Waals surface area contributed by atoms with Gasteiger partial charge in [-0.05, 0) is 43.5 Å². The molecule has 2 bridgehead atoms. The molecule has 5 nitrogen and oxygen atoms in total. The molecule has 106 valence electrons. The van der Waals surface area contributed by atoms with Crippen LogP contribution in [0.5, 0.6) is 0 Å². The molecule has 2 saturated heterocycles. The maximum atomic E-state index is 12.3. The van der Waals surface area contributed by atoms with Gasteiger partial charge in [-0.1, -0.05) is 11.6 Å². The lowest BCUT2D eigenvalue weighted by molar-refractivity contribution is -0.142. The lowest BCUT2D eigenvalue weighted by atomic mass is 9.89. The van der Waals surface area contributed by atoms with Crippen molar-refractivity contribution in [1.82, 2.24) is 4.90 Å². The highest BCUT2D eigenvalue weighted by atomic mass is 35.5. The van der Waals surface area contributed by atoms with E-state index in [1.165, 1.54) is 0 Å². The van der Waals surface area contributed by atoms with Crippen LogP contribution >= 0.6 is 11.6 Å². The molecule has 3 rings (SSSR count). The molecule has 2 fully saturated rings. The van der Waals surface area contributed by atoms with E-state index >= 15 is 0 Å². The van der Waals surface area contributed by atoms with Crippen molar-refractivity contribution < 1.29 is 14.7 Å². The third kappa shape index (κ3) is 2.22. The topological polar surface area (TPSA) is 69.6 Å². The molecule has 0 saturated carbocycles. The van der Waals surface area contributed by atoms with E-state index < -0.39 is 11.9 Å². The molecule has 0 spiro atoms. The van der Waals surface area contributed by atoms with Gasteiger partial charge < -0.3 is 15.3 Å². The van der Waals surface area contributed by atoms with Gasteiger partial charge in [-0.25, -0.2) is 4.79 Å². The molecular formula is C14H15ClN2O3. The third-order valence-electron chi connectivity index (χ3n) is 4.18. The van der Waals surface area contributed by atoms with Gasteiger partial charge in [-0.2, -0.15) is 0 Å². The van der Waals surface area contributed by atoms with Crippen molar-refractivity contribution in [3.05, 3.63) is 29.3 Å². The largest absolute Gasteiger partial charge is 0.481 e. The Labute approximate surface area is 121 Å². The normalized spacial score (nSPS) is 27.6. The van der Waals surface area contributed by atoms with E-state index in [2.05, 4.69) is 5.32 Å². The highest BCUT2D eigenvalue weighted by Crippen LogP contribution is 2.42. The number of amides is 2. The SMILES string of the molecule is O=C(O)C1CC2CCC1N2C(=O)Nc1ccc(Cl)cc1. The van der Waals surface area contributed by atoms with Crippen molar-refractivity contribution in [3.63, 3.8) is 0 Å². The molecule has 0 aliphatic carbocycles. The third-order valence-corrected chi connectivity index (χ3v) is 4.44. The number of benzene rings is 1. The number of nitrogens with one attached hydrogen (secondary N) is 1. The molecule has 2 amide bonds. The number of hydrogen-bond donors (Lipinski definition) is 2. The van der Waals surface area contributed by atoms with Crippen molar-refractivity contribution in [2.24, 2.45) is 5.92 Å². The number of halogens is 1. The van der Waals surface area contributed by atoms with Crippen LogP contribution in [0, 0.1) is 5.92 Å². The summed E-state index contributed by atoms with van der Waals surface area (Å²) in [5.74, 6) is -1.23. The molecule has 6 heteroatoms. The van der Waals surface area contributed by atoms with Crippen LogP contribution in [-0.4, -0.2) is 34.1 Å². The first-order chi connectivity index (χ1) is 9.56. The minimum Gasteiger partial charge on any atom is -0.481 e. The van der Waals surface area contributed by atoms with E-state index in [4.69, 9.17) is 11.6 Å². The van der Waals surface area contributed by atoms with Crippen LogP contribution in [0.4, 0.5) is 10.5 Å². The molecule has 3 atom stereocenters. The molecule has 3 unspecified atom stereocenters. The Bertz CT molecular complexity index is 546. The molecule has 2 aliphatic heterocycles. The first kappa shape index (κ1) is 13.2. The Morgan fingerprint density at radius 2 is 1.95 bits per heavy atom. The number of urea groups is 1. The highest BCUT2D eigenvalue weighted by Gasteiger charge is 2.51. The summed E-state index contributed by atoms with van der Waals surface area (Å²) >= 11 is 5.80. The minimum atomic E-state index is -0.804. The van der Waals surface area contributed by atoms with Crippen molar-refractivity contribution in [1.29, 1.82) is 0 Å². The molecule has 2 aliphatic rings. The van der Waals surface area contributed by atoms with Gasteiger partial charge in [-0.3, -0.25) is 4.79 Å². The number of hydrogen-bond acceptors (Lipinski definition) is 2. The molecule has 20 heavy (non-hydrogen) atoms. The Morgan fingerprint density at radius 1 is 1.25 bits per heavy atom. The van der Waals surface area contributed by atoms with Crippen LogP contribution in [0.15, 0.2) is 24.3 Å². The standard InChI is InChI=1S/C14H15ClN2O3/c15-8-1-3-9(4-2-8)16-14(20)17-10-5-6-12(17)11(7-10)13(18)19/h1-4,10-12H,5-7H2,(H,16,20)(H,18,19). The molecule has 0 radical (unpaired) electrons. The number of anilines is 1. The molecule has 2 heterocycles. The van der Waals surface area contributed by atoms with Crippen molar-refractivity contribution >= 4 is 29.3 Å². The highest BCUT2D eigenvalue weighted by molar-refractivity contribution is 6.30. The summed E-state index contributed by atoms with van der Waals surface area (Å²) in [5.41, 5.74) is 0.664. The number of carbonyl (C=O) groups excluding carboxylic acids is 1. The van der Waals surface area contributed by atoms with Gasteiger partial charge in [0.15, 0.2) is 0 Å². The summed E-state index contributed by atoms with van der Waals surface area (Å²) in [4.78, 5) is 25.2. The fraction of sp³-hybridized carbons (Fsp3) is 0.429. The summed E-state index contributed by atoms with van der Waals surface area (Å²) in [6.07, 6.45) is 2.23. The summed E-state index contributed by atoms with van der Waals surface area (Å²) in [6.45, 7) is 0. The van der Waals surface area contributed by atoms with Crippen LogP contribution < -0.4 is 5.32 Å². The first-order valence-electron chi connectivity index (χ1n) is 6.64. The molecule has 2 N–H and O–H groups in total. The Balaban J connectivity index is 1.72. The van der Waals surface area contributed by atoms with E-state index in [-0.39, 0.29) is 18.1 Å². The molecule has 0 aromatic heterocycles. The van der Waals surface area contributed by atoms with Crippen molar-refractivity contribution in [2.75, 3.05) is 5.32 Å². The maximum absolute atomic E-state index is 12.3. The Hall–Kier alpha value is -1.75. The van der Waals surface area contributed by atoms with E-state index in [1.807, 2.05) is 0 Å². The second-order valence-corrected chi connectivity index (χ2v) is 5.76. The van der Waals surface area contributed by atoms with Crippen molar-refractivity contribution in [3.8, 4) is 0 Å². The van der Waals surface area contributed by atoms with Gasteiger partial charge in [0, 0.05) is 22.8 Å². The second-order valence-electron chi connectivity index (χ2n) is 5.32. The van der Waals surface area contributed by atoms with Crippen molar-refractivity contribution in [2.45, 2.75) is 31.3 Å². The minimum absolute atomic E-state index is 0.0494. The zero-order valence-electron chi connectivity index (χ0n) is 10.8. The average Bonchev–Trinajstić information content (AvgIpc) is 2.99. The van der Waals surface area contributed by atoms with E-state index in [0.717, 1.165) is 12.8 Å². The van der Waals surface area contributed by atoms with Crippen LogP contribution in [0.3, 0.4) is 0 Å². The Kier molecular flexibility index (Phi) is 3.30. The first-order valence-corrected chi connectivity index (χ1v) is 7.02. The van der Waals surface area contributed by atoms with Gasteiger partial charge in [0.2, 0.25) is 0 Å². The number of carbonyl (C=O) groups is 2. The van der Waals surface area contributed by atoms with E-state index in [0.29, 0.717) is 17.1 Å². The molecule has 1 aromatic carbocycles. The van der Waals surface area contributed by atoms with Gasteiger partial charge in [0.1, 0.15) is 0 Å². The molecule has 1 aromatic rings. The predicted molar refractivity (Wildman–Crippen MR) is 74.9 cm³/mol. The van der Waals surface area contributed by atoms with Gasteiger partial charge in [-0.15, -0.1) is 0 Å². The molecular weight excluding hydrogens is 280 g/mol. The van der Waals surface area contributed by atoms with Gasteiger partial charge >= 0.3 is 12.0 Å². The second kappa shape index (κ2) is 4.98. The van der Waals surface area contributed by atoms with Gasteiger partial charge in [0.25, 0.3) is 0 Å². The lowest BCUT2D eigenvalue weighted by Gasteiger charge is -2.23. The smallest absolute Gasteiger partial charge is 0.322 e. The van der Waals surface area contributed by atoms with E-state index in [1.54, 1.807) is 29.2 Å². The average molecular weight is 295 g/mol. The Morgan fingerprint density at radius 3 is 2.55 bits per heavy atom. The monoisotopic (exact) mass is 294 g/mol. The zero-order valence-corrected chi connectivity index (χ0v) is 11.5. The maximum Gasteiger partial charge on any atom is 0.322 e. The summed E-state index contributed by atoms with van der Waals surface area (Å²) in [6, 6.07) is 6.52. The predicted octanol–water partition coefficient (Wildman–Crippen LogP) is 2.81.